The predicted octanol–water partition coefficient (Wildman–Crippen LogP) is 3.09. The second-order valence-electron chi connectivity index (χ2n) is 7.57. The highest BCUT2D eigenvalue weighted by Gasteiger charge is 2.13. The van der Waals surface area contributed by atoms with Crippen LogP contribution >= 0.6 is 0 Å². The van der Waals surface area contributed by atoms with Crippen molar-refractivity contribution in [2.45, 2.75) is 19.5 Å². The van der Waals surface area contributed by atoms with E-state index < -0.39 is 0 Å². The van der Waals surface area contributed by atoms with E-state index in [-0.39, 0.29) is 5.91 Å². The van der Waals surface area contributed by atoms with Crippen molar-refractivity contribution in [1.29, 1.82) is 0 Å². The standard InChI is InChI=1S/C24H24N2O2/c1-26(2)15-18-9-7-17(8-10-18)14-25-23(27)13-20-16-28-22-12-11-19-5-3-4-6-21(19)24(20)22/h3-12,16H,13-15H2,1-2H3,(H,25,27)/p+1. The molecule has 0 saturated heterocycles. The Balaban J connectivity index is 1.45. The minimum absolute atomic E-state index is 0.00236. The van der Waals surface area contributed by atoms with Crippen molar-refractivity contribution in [3.05, 3.63) is 83.6 Å². The van der Waals surface area contributed by atoms with Gasteiger partial charge in [-0.15, -0.1) is 0 Å². The van der Waals surface area contributed by atoms with E-state index in [0.717, 1.165) is 39.4 Å². The third-order valence-corrected chi connectivity index (χ3v) is 4.96. The summed E-state index contributed by atoms with van der Waals surface area (Å²) in [6, 6.07) is 20.6. The lowest BCUT2D eigenvalue weighted by atomic mass is 10.0. The summed E-state index contributed by atoms with van der Waals surface area (Å²) >= 11 is 0. The summed E-state index contributed by atoms with van der Waals surface area (Å²) in [5.41, 5.74) is 4.15. The van der Waals surface area contributed by atoms with Gasteiger partial charge in [0.15, 0.2) is 0 Å². The van der Waals surface area contributed by atoms with Crippen molar-refractivity contribution in [3.8, 4) is 0 Å². The minimum atomic E-state index is -0.00236. The Labute approximate surface area is 164 Å². The maximum atomic E-state index is 12.5. The maximum absolute atomic E-state index is 12.5. The molecule has 2 N–H and O–H groups in total. The fourth-order valence-electron chi connectivity index (χ4n) is 3.62. The topological polar surface area (TPSA) is 46.7 Å². The third kappa shape index (κ3) is 3.92. The molecule has 0 aliphatic carbocycles. The summed E-state index contributed by atoms with van der Waals surface area (Å²) in [7, 11) is 4.27. The number of hydrogen-bond donors (Lipinski definition) is 2. The molecule has 28 heavy (non-hydrogen) atoms. The molecule has 0 aliphatic heterocycles. The minimum Gasteiger partial charge on any atom is -0.464 e. The van der Waals surface area contributed by atoms with E-state index in [1.165, 1.54) is 10.5 Å². The van der Waals surface area contributed by atoms with Gasteiger partial charge < -0.3 is 14.6 Å². The van der Waals surface area contributed by atoms with Crippen molar-refractivity contribution < 1.29 is 14.1 Å². The Morgan fingerprint density at radius 2 is 1.71 bits per heavy atom. The smallest absolute Gasteiger partial charge is 0.224 e. The summed E-state index contributed by atoms with van der Waals surface area (Å²) in [6.45, 7) is 1.53. The molecule has 0 fully saturated rings. The molecule has 1 amide bonds. The number of carbonyl (C=O) groups excluding carboxylic acids is 1. The molecule has 4 nitrogen and oxygen atoms in total. The van der Waals surface area contributed by atoms with Gasteiger partial charge in [0.2, 0.25) is 5.91 Å². The van der Waals surface area contributed by atoms with Gasteiger partial charge in [-0.05, 0) is 22.4 Å². The van der Waals surface area contributed by atoms with E-state index in [1.807, 2.05) is 24.3 Å². The van der Waals surface area contributed by atoms with Crippen LogP contribution in [0.2, 0.25) is 0 Å². The van der Waals surface area contributed by atoms with Crippen molar-refractivity contribution in [3.63, 3.8) is 0 Å². The van der Waals surface area contributed by atoms with E-state index in [4.69, 9.17) is 4.42 Å². The van der Waals surface area contributed by atoms with Gasteiger partial charge in [-0.3, -0.25) is 4.79 Å². The highest BCUT2D eigenvalue weighted by atomic mass is 16.3. The molecular weight excluding hydrogens is 348 g/mol. The summed E-state index contributed by atoms with van der Waals surface area (Å²) < 4.78 is 5.68. The van der Waals surface area contributed by atoms with Crippen LogP contribution in [0.25, 0.3) is 21.7 Å². The molecule has 1 heterocycles. The number of nitrogens with one attached hydrogen (secondary N) is 2. The Morgan fingerprint density at radius 3 is 2.50 bits per heavy atom. The molecule has 3 aromatic carbocycles. The first-order valence-corrected chi connectivity index (χ1v) is 9.61. The van der Waals surface area contributed by atoms with Crippen molar-refractivity contribution in [2.24, 2.45) is 0 Å². The summed E-state index contributed by atoms with van der Waals surface area (Å²) in [5.74, 6) is -0.00236. The lowest BCUT2D eigenvalue weighted by Crippen LogP contribution is -3.04. The molecule has 1 aromatic heterocycles. The number of rotatable bonds is 6. The second kappa shape index (κ2) is 7.87. The van der Waals surface area contributed by atoms with Crippen LogP contribution < -0.4 is 10.2 Å². The van der Waals surface area contributed by atoms with E-state index >= 15 is 0 Å². The molecule has 0 spiro atoms. The first-order valence-electron chi connectivity index (χ1n) is 9.61. The van der Waals surface area contributed by atoms with Gasteiger partial charge in [0, 0.05) is 23.1 Å². The number of carbonyl (C=O) groups is 1. The largest absolute Gasteiger partial charge is 0.464 e. The Hall–Kier alpha value is -3.11. The van der Waals surface area contributed by atoms with Crippen molar-refractivity contribution in [2.75, 3.05) is 14.1 Å². The van der Waals surface area contributed by atoms with Crippen LogP contribution in [0.4, 0.5) is 0 Å². The average Bonchev–Trinajstić information content (AvgIpc) is 3.10. The number of hydrogen-bond acceptors (Lipinski definition) is 2. The lowest BCUT2D eigenvalue weighted by molar-refractivity contribution is -0.872. The van der Waals surface area contributed by atoms with Crippen LogP contribution in [-0.2, 0) is 24.3 Å². The summed E-state index contributed by atoms with van der Waals surface area (Å²) in [6.07, 6.45) is 2.01. The van der Waals surface area contributed by atoms with Crippen LogP contribution in [0, 0.1) is 0 Å². The Bertz CT molecular complexity index is 1110. The molecule has 4 rings (SSSR count). The Kier molecular flexibility index (Phi) is 5.13. The third-order valence-electron chi connectivity index (χ3n) is 4.96. The maximum Gasteiger partial charge on any atom is 0.224 e. The van der Waals surface area contributed by atoms with Crippen LogP contribution in [0.1, 0.15) is 16.7 Å². The second-order valence-corrected chi connectivity index (χ2v) is 7.57. The van der Waals surface area contributed by atoms with E-state index in [0.29, 0.717) is 13.0 Å². The van der Waals surface area contributed by atoms with Gasteiger partial charge in [-0.1, -0.05) is 54.6 Å². The molecule has 0 radical (unpaired) electrons. The average molecular weight is 373 g/mol. The predicted molar refractivity (Wildman–Crippen MR) is 112 cm³/mol. The highest BCUT2D eigenvalue weighted by molar-refractivity contribution is 6.08. The normalized spacial score (nSPS) is 11.4. The molecule has 0 atom stereocenters. The highest BCUT2D eigenvalue weighted by Crippen LogP contribution is 2.30. The molecule has 0 unspecified atom stereocenters. The molecule has 0 bridgehead atoms. The summed E-state index contributed by atoms with van der Waals surface area (Å²) in [5, 5.41) is 6.33. The molecule has 4 heteroatoms. The number of benzene rings is 3. The first-order chi connectivity index (χ1) is 13.6. The van der Waals surface area contributed by atoms with Gasteiger partial charge in [0.25, 0.3) is 0 Å². The fraction of sp³-hybridized carbons (Fsp3) is 0.208. The zero-order chi connectivity index (χ0) is 19.5. The number of amides is 1. The molecule has 0 saturated carbocycles. The number of furan rings is 1. The van der Waals surface area contributed by atoms with Gasteiger partial charge in [-0.2, -0.15) is 0 Å². The van der Waals surface area contributed by atoms with Gasteiger partial charge in [0.1, 0.15) is 12.1 Å². The van der Waals surface area contributed by atoms with Crippen LogP contribution in [0.15, 0.2) is 71.3 Å². The SMILES string of the molecule is C[NH+](C)Cc1ccc(CNC(=O)Cc2coc3ccc4ccccc4c23)cc1. The van der Waals surface area contributed by atoms with E-state index in [2.05, 4.69) is 55.8 Å². The van der Waals surface area contributed by atoms with Crippen LogP contribution in [0.3, 0.4) is 0 Å². The van der Waals surface area contributed by atoms with E-state index in [1.54, 1.807) is 6.26 Å². The summed E-state index contributed by atoms with van der Waals surface area (Å²) in [4.78, 5) is 13.9. The van der Waals surface area contributed by atoms with Gasteiger partial charge in [-0.25, -0.2) is 0 Å². The molecule has 0 aliphatic rings. The van der Waals surface area contributed by atoms with Crippen molar-refractivity contribution >= 4 is 27.6 Å². The lowest BCUT2D eigenvalue weighted by Gasteiger charge is -2.09. The molecule has 142 valence electrons. The zero-order valence-corrected chi connectivity index (χ0v) is 16.3. The number of fused-ring (bicyclic) bond motifs is 3. The Morgan fingerprint density at radius 1 is 0.964 bits per heavy atom. The first kappa shape index (κ1) is 18.3. The zero-order valence-electron chi connectivity index (χ0n) is 16.3. The van der Waals surface area contributed by atoms with Gasteiger partial charge >= 0.3 is 0 Å². The quantitative estimate of drug-likeness (QED) is 0.546. The van der Waals surface area contributed by atoms with Crippen LogP contribution in [0.5, 0.6) is 0 Å². The fourth-order valence-corrected chi connectivity index (χ4v) is 3.62. The van der Waals surface area contributed by atoms with Crippen LogP contribution in [-0.4, -0.2) is 20.0 Å². The van der Waals surface area contributed by atoms with Gasteiger partial charge in [0.05, 0.1) is 26.8 Å². The number of quaternary nitrogens is 1. The molecular formula is C24H25N2O2+. The van der Waals surface area contributed by atoms with Crippen molar-refractivity contribution in [1.82, 2.24) is 5.32 Å². The van der Waals surface area contributed by atoms with E-state index in [9.17, 15) is 4.79 Å². The monoisotopic (exact) mass is 373 g/mol. The molecule has 4 aromatic rings.